The highest BCUT2D eigenvalue weighted by molar-refractivity contribution is 6.17. The van der Waals surface area contributed by atoms with Gasteiger partial charge in [0.05, 0.1) is 0 Å². The van der Waals surface area contributed by atoms with Crippen molar-refractivity contribution in [2.24, 2.45) is 11.8 Å². The van der Waals surface area contributed by atoms with Crippen LogP contribution in [0.25, 0.3) is 0 Å². The highest BCUT2D eigenvalue weighted by Gasteiger charge is 2.25. The van der Waals surface area contributed by atoms with E-state index in [9.17, 15) is 4.79 Å². The fourth-order valence-corrected chi connectivity index (χ4v) is 3.15. The molecule has 0 aromatic carbocycles. The van der Waals surface area contributed by atoms with E-state index in [0.29, 0.717) is 5.91 Å². The molecule has 0 radical (unpaired) electrons. The Bertz CT molecular complexity index is 237. The topological polar surface area (TPSA) is 29.1 Å². The molecule has 1 rings (SSSR count). The van der Waals surface area contributed by atoms with Gasteiger partial charge >= 0.3 is 0 Å². The Kier molecular flexibility index (Phi) is 9.32. The zero-order chi connectivity index (χ0) is 13.9. The van der Waals surface area contributed by atoms with Gasteiger partial charge in [-0.3, -0.25) is 4.79 Å². The van der Waals surface area contributed by atoms with Crippen LogP contribution in [0, 0.1) is 11.8 Å². The van der Waals surface area contributed by atoms with Crippen LogP contribution in [0.15, 0.2) is 0 Å². The van der Waals surface area contributed by atoms with Crippen LogP contribution in [0.2, 0.25) is 0 Å². The number of alkyl halides is 1. The Hall–Kier alpha value is -0.240. The first-order chi connectivity index (χ1) is 9.27. The summed E-state index contributed by atoms with van der Waals surface area (Å²) in [5.41, 5.74) is 0. The minimum absolute atomic E-state index is 0.283. The van der Waals surface area contributed by atoms with E-state index in [1.165, 1.54) is 32.1 Å². The van der Waals surface area contributed by atoms with Crippen LogP contribution in [0.5, 0.6) is 0 Å². The third-order valence-electron chi connectivity index (χ3n) is 4.29. The first kappa shape index (κ1) is 16.8. The van der Waals surface area contributed by atoms with Crippen molar-refractivity contribution in [3.8, 4) is 0 Å². The zero-order valence-corrected chi connectivity index (χ0v) is 13.2. The van der Waals surface area contributed by atoms with Crippen molar-refractivity contribution < 1.29 is 4.79 Å². The number of halogens is 1. The molecule has 0 aliphatic heterocycles. The van der Waals surface area contributed by atoms with Gasteiger partial charge in [0.1, 0.15) is 0 Å². The molecule has 0 heterocycles. The lowest BCUT2D eigenvalue weighted by Gasteiger charge is -2.27. The first-order valence-electron chi connectivity index (χ1n) is 8.11. The molecule has 0 saturated heterocycles. The SMILES string of the molecule is CCCCC1CCC(C(=O)NCCCCCCl)CC1. The van der Waals surface area contributed by atoms with E-state index in [0.717, 1.165) is 50.4 Å². The van der Waals surface area contributed by atoms with Crippen molar-refractivity contribution >= 4 is 17.5 Å². The summed E-state index contributed by atoms with van der Waals surface area (Å²) in [5.74, 6) is 2.19. The molecule has 0 spiro atoms. The summed E-state index contributed by atoms with van der Waals surface area (Å²) in [6, 6.07) is 0. The average molecular weight is 288 g/mol. The summed E-state index contributed by atoms with van der Waals surface area (Å²) in [6.07, 6.45) is 11.9. The van der Waals surface area contributed by atoms with Gasteiger partial charge in [0, 0.05) is 18.3 Å². The standard InChI is InChI=1S/C16H30ClNO/c1-2-3-7-14-8-10-15(11-9-14)16(19)18-13-6-4-5-12-17/h14-15H,2-13H2,1H3,(H,18,19). The molecule has 0 aromatic rings. The van der Waals surface area contributed by atoms with E-state index in [1.54, 1.807) is 0 Å². The highest BCUT2D eigenvalue weighted by Crippen LogP contribution is 2.31. The molecule has 1 amide bonds. The molecule has 0 aromatic heterocycles. The monoisotopic (exact) mass is 287 g/mol. The number of rotatable bonds is 9. The van der Waals surface area contributed by atoms with E-state index in [2.05, 4.69) is 12.2 Å². The van der Waals surface area contributed by atoms with E-state index in [-0.39, 0.29) is 5.92 Å². The van der Waals surface area contributed by atoms with E-state index in [4.69, 9.17) is 11.6 Å². The van der Waals surface area contributed by atoms with Crippen LogP contribution in [0.4, 0.5) is 0 Å². The molecule has 1 fully saturated rings. The minimum atomic E-state index is 0.283. The van der Waals surface area contributed by atoms with E-state index >= 15 is 0 Å². The van der Waals surface area contributed by atoms with Gasteiger partial charge in [0.25, 0.3) is 0 Å². The number of hydrogen-bond donors (Lipinski definition) is 1. The molecule has 1 aliphatic rings. The second-order valence-corrected chi connectivity index (χ2v) is 6.28. The molecule has 1 aliphatic carbocycles. The fourth-order valence-electron chi connectivity index (χ4n) is 2.96. The Labute approximate surface area is 123 Å². The average Bonchev–Trinajstić information content (AvgIpc) is 2.45. The summed E-state index contributed by atoms with van der Waals surface area (Å²) < 4.78 is 0. The zero-order valence-electron chi connectivity index (χ0n) is 12.4. The number of hydrogen-bond acceptors (Lipinski definition) is 1. The van der Waals surface area contributed by atoms with E-state index < -0.39 is 0 Å². The third-order valence-corrected chi connectivity index (χ3v) is 4.56. The van der Waals surface area contributed by atoms with Crippen LogP contribution in [0.1, 0.15) is 71.1 Å². The van der Waals surface area contributed by atoms with Crippen LogP contribution in [0.3, 0.4) is 0 Å². The first-order valence-corrected chi connectivity index (χ1v) is 8.65. The van der Waals surface area contributed by atoms with Crippen molar-refractivity contribution in [2.45, 2.75) is 71.1 Å². The molecule has 19 heavy (non-hydrogen) atoms. The molecule has 0 bridgehead atoms. The van der Waals surface area contributed by atoms with Gasteiger partial charge in [-0.15, -0.1) is 11.6 Å². The maximum atomic E-state index is 12.0. The lowest BCUT2D eigenvalue weighted by molar-refractivity contribution is -0.126. The lowest BCUT2D eigenvalue weighted by Crippen LogP contribution is -2.33. The number of amides is 1. The predicted octanol–water partition coefficient (Wildman–Crippen LogP) is 4.51. The van der Waals surface area contributed by atoms with E-state index in [1.807, 2.05) is 0 Å². The Morgan fingerprint density at radius 2 is 1.84 bits per heavy atom. The van der Waals surface area contributed by atoms with Gasteiger partial charge < -0.3 is 5.32 Å². The van der Waals surface area contributed by atoms with Gasteiger partial charge in [-0.2, -0.15) is 0 Å². The van der Waals surface area contributed by atoms with Gasteiger partial charge in [0.2, 0.25) is 5.91 Å². The Balaban J connectivity index is 2.07. The molecule has 3 heteroatoms. The molecule has 0 unspecified atom stereocenters. The summed E-state index contributed by atoms with van der Waals surface area (Å²) in [4.78, 5) is 12.0. The van der Waals surface area contributed by atoms with Crippen LogP contribution >= 0.6 is 11.6 Å². The fraction of sp³-hybridized carbons (Fsp3) is 0.938. The number of carbonyl (C=O) groups is 1. The van der Waals surface area contributed by atoms with Gasteiger partial charge in [-0.1, -0.05) is 32.6 Å². The van der Waals surface area contributed by atoms with Crippen molar-refractivity contribution in [3.05, 3.63) is 0 Å². The van der Waals surface area contributed by atoms with Crippen LogP contribution in [-0.2, 0) is 4.79 Å². The molecule has 1 saturated carbocycles. The number of carbonyl (C=O) groups excluding carboxylic acids is 1. The summed E-state index contributed by atoms with van der Waals surface area (Å²) >= 11 is 5.63. The molecular weight excluding hydrogens is 258 g/mol. The smallest absolute Gasteiger partial charge is 0.223 e. The highest BCUT2D eigenvalue weighted by atomic mass is 35.5. The van der Waals surface area contributed by atoms with Crippen LogP contribution < -0.4 is 5.32 Å². The van der Waals surface area contributed by atoms with Gasteiger partial charge in [-0.05, 0) is 44.4 Å². The number of unbranched alkanes of at least 4 members (excludes halogenated alkanes) is 3. The Morgan fingerprint density at radius 3 is 2.47 bits per heavy atom. The van der Waals surface area contributed by atoms with Crippen molar-refractivity contribution in [1.29, 1.82) is 0 Å². The summed E-state index contributed by atoms with van der Waals surface area (Å²) in [6.45, 7) is 3.08. The van der Waals surface area contributed by atoms with Crippen molar-refractivity contribution in [2.75, 3.05) is 12.4 Å². The molecule has 0 atom stereocenters. The van der Waals surface area contributed by atoms with Crippen molar-refractivity contribution in [1.82, 2.24) is 5.32 Å². The molecule has 1 N–H and O–H groups in total. The minimum Gasteiger partial charge on any atom is -0.356 e. The molecular formula is C16H30ClNO. The molecule has 2 nitrogen and oxygen atoms in total. The molecule has 112 valence electrons. The van der Waals surface area contributed by atoms with Gasteiger partial charge in [-0.25, -0.2) is 0 Å². The second-order valence-electron chi connectivity index (χ2n) is 5.90. The number of nitrogens with one attached hydrogen (secondary N) is 1. The Morgan fingerprint density at radius 1 is 1.11 bits per heavy atom. The maximum absolute atomic E-state index is 12.0. The van der Waals surface area contributed by atoms with Crippen molar-refractivity contribution in [3.63, 3.8) is 0 Å². The quantitative estimate of drug-likeness (QED) is 0.491. The predicted molar refractivity (Wildman–Crippen MR) is 82.6 cm³/mol. The summed E-state index contributed by atoms with van der Waals surface area (Å²) in [7, 11) is 0. The summed E-state index contributed by atoms with van der Waals surface area (Å²) in [5, 5.41) is 3.09. The normalized spacial score (nSPS) is 23.3. The maximum Gasteiger partial charge on any atom is 0.223 e. The third kappa shape index (κ3) is 7.20. The van der Waals surface area contributed by atoms with Crippen LogP contribution in [-0.4, -0.2) is 18.3 Å². The second kappa shape index (κ2) is 10.5. The lowest BCUT2D eigenvalue weighted by atomic mass is 9.79. The largest absolute Gasteiger partial charge is 0.356 e. The van der Waals surface area contributed by atoms with Gasteiger partial charge in [0.15, 0.2) is 0 Å².